The van der Waals surface area contributed by atoms with Gasteiger partial charge in [-0.2, -0.15) is 0 Å². The van der Waals surface area contributed by atoms with Crippen LogP contribution in [0.3, 0.4) is 0 Å². The van der Waals surface area contributed by atoms with Crippen LogP contribution < -0.4 is 15.4 Å². The van der Waals surface area contributed by atoms with Gasteiger partial charge in [-0.05, 0) is 37.0 Å². The molecule has 0 saturated heterocycles. The molecule has 1 unspecified atom stereocenters. The zero-order valence-electron chi connectivity index (χ0n) is 11.6. The zero-order chi connectivity index (χ0) is 15.4. The van der Waals surface area contributed by atoms with Crippen LogP contribution in [0.4, 0.5) is 5.69 Å². The van der Waals surface area contributed by atoms with Gasteiger partial charge in [-0.25, -0.2) is 0 Å². The Bertz CT molecular complexity index is 546. The lowest BCUT2D eigenvalue weighted by atomic mass is 10.2. The number of carbonyl (C=O) groups excluding carboxylic acids is 1. The molecule has 1 amide bonds. The molecule has 0 aliphatic heterocycles. The van der Waals surface area contributed by atoms with Crippen LogP contribution in [0.2, 0.25) is 5.02 Å². The Hall–Kier alpha value is -1.79. The molecule has 21 heavy (non-hydrogen) atoms. The lowest BCUT2D eigenvalue weighted by Crippen LogP contribution is -2.42. The third-order valence-corrected chi connectivity index (χ3v) is 3.51. The molecule has 6 nitrogen and oxygen atoms in total. The van der Waals surface area contributed by atoms with E-state index in [4.69, 9.17) is 21.4 Å². The predicted molar refractivity (Wildman–Crippen MR) is 78.8 cm³/mol. The largest absolute Gasteiger partial charge is 0.495 e. The highest BCUT2D eigenvalue weighted by atomic mass is 35.5. The van der Waals surface area contributed by atoms with Crippen molar-refractivity contribution >= 4 is 29.2 Å². The molecule has 0 spiro atoms. The molecule has 0 heterocycles. The summed E-state index contributed by atoms with van der Waals surface area (Å²) < 4.78 is 5.13. The molecule has 1 aliphatic carbocycles. The van der Waals surface area contributed by atoms with E-state index in [1.54, 1.807) is 18.2 Å². The highest BCUT2D eigenvalue weighted by Crippen LogP contribution is 2.32. The van der Waals surface area contributed by atoms with Crippen LogP contribution in [-0.2, 0) is 9.59 Å². The number of aliphatic carboxylic acids is 1. The van der Waals surface area contributed by atoms with Gasteiger partial charge in [-0.3, -0.25) is 14.9 Å². The molecule has 114 valence electrons. The summed E-state index contributed by atoms with van der Waals surface area (Å²) >= 11 is 5.88. The molecule has 0 bridgehead atoms. The number of hydrogen-bond acceptors (Lipinski definition) is 4. The maximum absolute atomic E-state index is 11.9. The van der Waals surface area contributed by atoms with Gasteiger partial charge in [0, 0.05) is 5.02 Å². The maximum atomic E-state index is 11.9. The highest BCUT2D eigenvalue weighted by Gasteiger charge is 2.36. The van der Waals surface area contributed by atoms with E-state index in [1.807, 2.05) is 0 Å². The third kappa shape index (κ3) is 4.34. The summed E-state index contributed by atoms with van der Waals surface area (Å²) in [5.41, 5.74) is 0.454. The van der Waals surface area contributed by atoms with Crippen LogP contribution >= 0.6 is 11.6 Å². The number of rotatable bonds is 7. The molecule has 0 radical (unpaired) electrons. The minimum absolute atomic E-state index is 0.0802. The van der Waals surface area contributed by atoms with Gasteiger partial charge >= 0.3 is 5.97 Å². The fraction of sp³-hybridized carbons (Fsp3) is 0.429. The Morgan fingerprint density at radius 2 is 2.19 bits per heavy atom. The quantitative estimate of drug-likeness (QED) is 0.714. The fourth-order valence-electron chi connectivity index (χ4n) is 2.06. The van der Waals surface area contributed by atoms with Gasteiger partial charge in [-0.1, -0.05) is 11.6 Å². The van der Waals surface area contributed by atoms with Crippen molar-refractivity contribution in [1.82, 2.24) is 5.32 Å². The molecule has 1 aliphatic rings. The van der Waals surface area contributed by atoms with E-state index in [0.29, 0.717) is 16.5 Å². The van der Waals surface area contributed by atoms with Crippen molar-refractivity contribution in [2.24, 2.45) is 5.92 Å². The second-order valence-corrected chi connectivity index (χ2v) is 5.36. The second-order valence-electron chi connectivity index (χ2n) is 4.93. The number of methoxy groups -OCH3 is 1. The average Bonchev–Trinajstić information content (AvgIpc) is 3.23. The Labute approximate surface area is 127 Å². The van der Waals surface area contributed by atoms with E-state index < -0.39 is 12.0 Å². The van der Waals surface area contributed by atoms with E-state index in [1.165, 1.54) is 7.11 Å². The van der Waals surface area contributed by atoms with Gasteiger partial charge in [0.05, 0.1) is 19.3 Å². The Kier molecular flexibility index (Phi) is 5.03. The monoisotopic (exact) mass is 312 g/mol. The van der Waals surface area contributed by atoms with E-state index in [0.717, 1.165) is 12.8 Å². The first kappa shape index (κ1) is 15.6. The minimum atomic E-state index is -0.925. The molecule has 1 aromatic carbocycles. The summed E-state index contributed by atoms with van der Waals surface area (Å²) in [5.74, 6) is -0.658. The molecular weight excluding hydrogens is 296 g/mol. The topological polar surface area (TPSA) is 87.7 Å². The number of anilines is 1. The Balaban J connectivity index is 1.92. The van der Waals surface area contributed by atoms with Crippen molar-refractivity contribution < 1.29 is 19.4 Å². The lowest BCUT2D eigenvalue weighted by Gasteiger charge is -2.14. The third-order valence-electron chi connectivity index (χ3n) is 3.28. The second kappa shape index (κ2) is 6.78. The van der Waals surface area contributed by atoms with Crippen molar-refractivity contribution in [2.75, 3.05) is 19.0 Å². The highest BCUT2D eigenvalue weighted by molar-refractivity contribution is 6.31. The van der Waals surface area contributed by atoms with Crippen LogP contribution in [0, 0.1) is 5.92 Å². The summed E-state index contributed by atoms with van der Waals surface area (Å²) in [7, 11) is 1.49. The number of carbonyl (C=O) groups is 2. The zero-order valence-corrected chi connectivity index (χ0v) is 12.3. The molecule has 1 fully saturated rings. The first-order chi connectivity index (χ1) is 10.0. The van der Waals surface area contributed by atoms with E-state index in [2.05, 4.69) is 10.6 Å². The van der Waals surface area contributed by atoms with Crippen LogP contribution in [0.1, 0.15) is 12.8 Å². The number of carboxylic acid groups (broad SMARTS) is 1. The Morgan fingerprint density at radius 1 is 1.48 bits per heavy atom. The summed E-state index contributed by atoms with van der Waals surface area (Å²) in [6, 6.07) is 4.21. The molecule has 2 rings (SSSR count). The van der Waals surface area contributed by atoms with Gasteiger partial charge in [-0.15, -0.1) is 0 Å². The van der Waals surface area contributed by atoms with Gasteiger partial charge in [0.2, 0.25) is 5.91 Å². The summed E-state index contributed by atoms with van der Waals surface area (Å²) in [6.07, 6.45) is 1.77. The number of nitrogens with one attached hydrogen (secondary N) is 2. The van der Waals surface area contributed by atoms with E-state index >= 15 is 0 Å². The van der Waals surface area contributed by atoms with Crippen LogP contribution in [0.5, 0.6) is 5.75 Å². The van der Waals surface area contributed by atoms with Crippen molar-refractivity contribution in [1.29, 1.82) is 0 Å². The van der Waals surface area contributed by atoms with Gasteiger partial charge in [0.25, 0.3) is 0 Å². The van der Waals surface area contributed by atoms with E-state index in [9.17, 15) is 9.59 Å². The maximum Gasteiger partial charge on any atom is 0.320 e. The van der Waals surface area contributed by atoms with E-state index in [-0.39, 0.29) is 18.4 Å². The lowest BCUT2D eigenvalue weighted by molar-refractivity contribution is -0.140. The van der Waals surface area contributed by atoms with Gasteiger partial charge < -0.3 is 15.2 Å². The standard InChI is InChI=1S/C14H17ClN2O4/c1-21-11-5-4-9(15)6-10(11)17-12(18)7-16-13(14(19)20)8-2-3-8/h4-6,8,13,16H,2-3,7H2,1H3,(H,17,18)(H,19,20). The van der Waals surface area contributed by atoms with Crippen molar-refractivity contribution in [3.05, 3.63) is 23.2 Å². The predicted octanol–water partition coefficient (Wildman–Crippen LogP) is 1.74. The van der Waals surface area contributed by atoms with Gasteiger partial charge in [0.15, 0.2) is 0 Å². The molecule has 0 aromatic heterocycles. The van der Waals surface area contributed by atoms with Gasteiger partial charge in [0.1, 0.15) is 11.8 Å². The smallest absolute Gasteiger partial charge is 0.320 e. The SMILES string of the molecule is COc1ccc(Cl)cc1NC(=O)CNC(C(=O)O)C1CC1. The molecule has 1 atom stereocenters. The molecule has 1 saturated carbocycles. The number of amides is 1. The summed E-state index contributed by atoms with van der Waals surface area (Å²) in [4.78, 5) is 23.0. The summed E-state index contributed by atoms with van der Waals surface area (Å²) in [6.45, 7) is -0.0802. The van der Waals surface area contributed by atoms with Crippen molar-refractivity contribution in [3.8, 4) is 5.75 Å². The van der Waals surface area contributed by atoms with Crippen LogP contribution in [0.25, 0.3) is 0 Å². The van der Waals surface area contributed by atoms with Crippen LogP contribution in [0.15, 0.2) is 18.2 Å². The molecule has 1 aromatic rings. The number of benzene rings is 1. The Morgan fingerprint density at radius 3 is 2.76 bits per heavy atom. The summed E-state index contributed by atoms with van der Waals surface area (Å²) in [5, 5.41) is 15.0. The number of ether oxygens (including phenoxy) is 1. The molecule has 7 heteroatoms. The first-order valence-corrected chi connectivity index (χ1v) is 6.98. The normalized spacial score (nSPS) is 15.3. The number of halogens is 1. The fourth-order valence-corrected chi connectivity index (χ4v) is 2.23. The van der Waals surface area contributed by atoms with Crippen molar-refractivity contribution in [2.45, 2.75) is 18.9 Å². The molecular formula is C14H17ClN2O4. The van der Waals surface area contributed by atoms with Crippen LogP contribution in [-0.4, -0.2) is 36.7 Å². The minimum Gasteiger partial charge on any atom is -0.495 e. The number of hydrogen-bond donors (Lipinski definition) is 3. The van der Waals surface area contributed by atoms with Crippen molar-refractivity contribution in [3.63, 3.8) is 0 Å². The number of carboxylic acids is 1. The molecule has 3 N–H and O–H groups in total. The average molecular weight is 313 g/mol. The first-order valence-electron chi connectivity index (χ1n) is 6.61.